The van der Waals surface area contributed by atoms with E-state index in [4.69, 9.17) is 13.8 Å². The van der Waals surface area contributed by atoms with E-state index in [0.717, 1.165) is 5.56 Å². The minimum Gasteiger partial charge on any atom is -0.427 e. The maximum Gasteiger partial charge on any atom is 0.528 e. The van der Waals surface area contributed by atoms with Gasteiger partial charge >= 0.3 is 6.16 Å². The SMILES string of the molecule is Cc1ccc(S(=O)(=O)OC2CCN(OC(=O)OC(C)(C)C)CC2)cc1. The van der Waals surface area contributed by atoms with Gasteiger partial charge in [-0.25, -0.2) is 4.79 Å². The van der Waals surface area contributed by atoms with Crippen LogP contribution in [0.3, 0.4) is 0 Å². The second kappa shape index (κ2) is 7.72. The highest BCUT2D eigenvalue weighted by Crippen LogP contribution is 2.21. The van der Waals surface area contributed by atoms with Gasteiger partial charge in [-0.2, -0.15) is 8.42 Å². The largest absolute Gasteiger partial charge is 0.528 e. The fraction of sp³-hybridized carbons (Fsp3) is 0.588. The lowest BCUT2D eigenvalue weighted by molar-refractivity contribution is -0.158. The van der Waals surface area contributed by atoms with Crippen LogP contribution in [0.5, 0.6) is 0 Å². The lowest BCUT2D eigenvalue weighted by atomic mass is 10.1. The summed E-state index contributed by atoms with van der Waals surface area (Å²) in [6, 6.07) is 6.53. The molecule has 1 aliphatic rings. The van der Waals surface area contributed by atoms with Crippen LogP contribution in [0.2, 0.25) is 0 Å². The van der Waals surface area contributed by atoms with Gasteiger partial charge in [0.25, 0.3) is 10.1 Å². The lowest BCUT2D eigenvalue weighted by Crippen LogP contribution is -2.40. The van der Waals surface area contributed by atoms with E-state index in [1.54, 1.807) is 32.9 Å². The summed E-state index contributed by atoms with van der Waals surface area (Å²) in [5, 5.41) is 1.46. The Hall–Kier alpha value is -1.64. The number of carbonyl (C=O) groups is 1. The van der Waals surface area contributed by atoms with Crippen LogP contribution in [0, 0.1) is 6.92 Å². The van der Waals surface area contributed by atoms with Crippen LogP contribution in [0.1, 0.15) is 39.2 Å². The van der Waals surface area contributed by atoms with Crippen molar-refractivity contribution in [2.45, 2.75) is 57.1 Å². The Morgan fingerprint density at radius 1 is 1.12 bits per heavy atom. The van der Waals surface area contributed by atoms with Crippen LogP contribution in [0.25, 0.3) is 0 Å². The number of rotatable bonds is 4. The highest BCUT2D eigenvalue weighted by Gasteiger charge is 2.29. The molecule has 1 fully saturated rings. The fourth-order valence-electron chi connectivity index (χ4n) is 2.33. The van der Waals surface area contributed by atoms with Crippen LogP contribution in [0.15, 0.2) is 29.2 Å². The van der Waals surface area contributed by atoms with Crippen LogP contribution >= 0.6 is 0 Å². The number of carbonyl (C=O) groups excluding carboxylic acids is 1. The molecule has 1 saturated heterocycles. The highest BCUT2D eigenvalue weighted by molar-refractivity contribution is 7.86. The summed E-state index contributed by atoms with van der Waals surface area (Å²) in [7, 11) is -3.79. The van der Waals surface area contributed by atoms with Crippen molar-refractivity contribution in [2.75, 3.05) is 13.1 Å². The Kier molecular flexibility index (Phi) is 6.08. The molecular weight excluding hydrogens is 346 g/mol. The third-order valence-corrected chi connectivity index (χ3v) is 4.94. The zero-order chi connectivity index (χ0) is 18.7. The molecule has 2 rings (SSSR count). The third kappa shape index (κ3) is 6.30. The first-order valence-corrected chi connectivity index (χ1v) is 9.62. The Morgan fingerprint density at radius 3 is 2.20 bits per heavy atom. The minimum absolute atomic E-state index is 0.144. The van der Waals surface area contributed by atoms with Crippen LogP contribution in [0.4, 0.5) is 4.79 Å². The van der Waals surface area contributed by atoms with E-state index in [1.807, 2.05) is 6.92 Å². The fourth-order valence-corrected chi connectivity index (χ4v) is 3.46. The molecule has 0 radical (unpaired) electrons. The normalized spacial score (nSPS) is 17.3. The van der Waals surface area contributed by atoms with Crippen molar-refractivity contribution in [1.82, 2.24) is 5.06 Å². The Bertz CT molecular complexity index is 685. The molecule has 0 amide bonds. The van der Waals surface area contributed by atoms with Crippen LogP contribution in [-0.2, 0) is 23.9 Å². The summed E-state index contributed by atoms with van der Waals surface area (Å²) in [5.41, 5.74) is 0.354. The lowest BCUT2D eigenvalue weighted by Gasteiger charge is -2.30. The zero-order valence-electron chi connectivity index (χ0n) is 15.0. The van der Waals surface area contributed by atoms with Gasteiger partial charge in [-0.05, 0) is 52.7 Å². The molecule has 140 valence electrons. The Balaban J connectivity index is 1.84. The maximum atomic E-state index is 12.3. The number of hydrogen-bond donors (Lipinski definition) is 0. The van der Waals surface area contributed by atoms with Crippen molar-refractivity contribution in [3.8, 4) is 0 Å². The van der Waals surface area contributed by atoms with Gasteiger partial charge in [0.2, 0.25) is 0 Å². The average Bonchev–Trinajstić information content (AvgIpc) is 2.47. The van der Waals surface area contributed by atoms with Gasteiger partial charge in [-0.15, -0.1) is 5.06 Å². The highest BCUT2D eigenvalue weighted by atomic mass is 32.2. The summed E-state index contributed by atoms with van der Waals surface area (Å²) in [4.78, 5) is 16.9. The van der Waals surface area contributed by atoms with Crippen LogP contribution < -0.4 is 0 Å². The first kappa shape index (κ1) is 19.7. The molecule has 7 nitrogen and oxygen atoms in total. The number of hydrogen-bond acceptors (Lipinski definition) is 7. The molecule has 8 heteroatoms. The quantitative estimate of drug-likeness (QED) is 0.594. The summed E-state index contributed by atoms with van der Waals surface area (Å²) in [6.45, 7) is 7.91. The van der Waals surface area contributed by atoms with E-state index < -0.39 is 28.0 Å². The zero-order valence-corrected chi connectivity index (χ0v) is 15.8. The van der Waals surface area contributed by atoms with Crippen molar-refractivity contribution < 1.29 is 27.0 Å². The van der Waals surface area contributed by atoms with E-state index in [9.17, 15) is 13.2 Å². The first-order chi connectivity index (χ1) is 11.5. The number of hydroxylamine groups is 2. The van der Waals surface area contributed by atoms with Crippen molar-refractivity contribution in [3.05, 3.63) is 29.8 Å². The number of benzene rings is 1. The molecule has 0 atom stereocenters. The van der Waals surface area contributed by atoms with Crippen molar-refractivity contribution >= 4 is 16.3 Å². The maximum absolute atomic E-state index is 12.3. The molecule has 1 heterocycles. The minimum atomic E-state index is -3.79. The van der Waals surface area contributed by atoms with Gasteiger partial charge in [0, 0.05) is 13.1 Å². The smallest absolute Gasteiger partial charge is 0.427 e. The molecular formula is C17H25NO6S. The standard InChI is InChI=1S/C17H25NO6S/c1-13-5-7-15(8-6-13)25(20,21)24-14-9-11-18(12-10-14)23-16(19)22-17(2,3)4/h5-8,14H,9-12H2,1-4H3. The monoisotopic (exact) mass is 371 g/mol. The molecule has 1 aromatic rings. The molecule has 25 heavy (non-hydrogen) atoms. The number of nitrogens with zero attached hydrogens (tertiary/aromatic N) is 1. The molecule has 0 aromatic heterocycles. The summed E-state index contributed by atoms with van der Waals surface area (Å²) < 4.78 is 35.0. The molecule has 1 aliphatic heterocycles. The van der Waals surface area contributed by atoms with E-state index in [2.05, 4.69) is 0 Å². The molecule has 0 N–H and O–H groups in total. The van der Waals surface area contributed by atoms with Crippen molar-refractivity contribution in [2.24, 2.45) is 0 Å². The van der Waals surface area contributed by atoms with Crippen LogP contribution in [-0.4, -0.2) is 44.4 Å². The molecule has 0 bridgehead atoms. The second-order valence-electron chi connectivity index (χ2n) is 7.05. The Labute approximate surface area is 148 Å². The molecule has 0 unspecified atom stereocenters. The molecule has 0 spiro atoms. The van der Waals surface area contributed by atoms with E-state index in [0.29, 0.717) is 25.9 Å². The number of piperidine rings is 1. The predicted molar refractivity (Wildman–Crippen MR) is 91.4 cm³/mol. The number of aryl methyl sites for hydroxylation is 1. The van der Waals surface area contributed by atoms with Crippen molar-refractivity contribution in [3.63, 3.8) is 0 Å². The van der Waals surface area contributed by atoms with E-state index >= 15 is 0 Å². The van der Waals surface area contributed by atoms with Gasteiger partial charge in [0.15, 0.2) is 0 Å². The van der Waals surface area contributed by atoms with Gasteiger partial charge in [0.1, 0.15) is 5.60 Å². The molecule has 0 saturated carbocycles. The average molecular weight is 371 g/mol. The summed E-state index contributed by atoms with van der Waals surface area (Å²) in [6.07, 6.45) is -0.328. The van der Waals surface area contributed by atoms with Gasteiger partial charge in [-0.3, -0.25) is 4.18 Å². The summed E-state index contributed by atoms with van der Waals surface area (Å²) in [5.74, 6) is 0. The Morgan fingerprint density at radius 2 is 1.68 bits per heavy atom. The van der Waals surface area contributed by atoms with E-state index in [1.165, 1.54) is 17.2 Å². The summed E-state index contributed by atoms with van der Waals surface area (Å²) >= 11 is 0. The molecule has 1 aromatic carbocycles. The van der Waals surface area contributed by atoms with Gasteiger partial charge in [0.05, 0.1) is 11.0 Å². The number of ether oxygens (including phenoxy) is 1. The molecule has 0 aliphatic carbocycles. The topological polar surface area (TPSA) is 82.1 Å². The van der Waals surface area contributed by atoms with E-state index in [-0.39, 0.29) is 4.90 Å². The third-order valence-electron chi connectivity index (χ3n) is 3.57. The van der Waals surface area contributed by atoms with Gasteiger partial charge in [-0.1, -0.05) is 17.7 Å². The van der Waals surface area contributed by atoms with Crippen molar-refractivity contribution in [1.29, 1.82) is 0 Å². The van der Waals surface area contributed by atoms with Gasteiger partial charge < -0.3 is 9.57 Å². The predicted octanol–water partition coefficient (Wildman–Crippen LogP) is 3.03. The second-order valence-corrected chi connectivity index (χ2v) is 8.62. The first-order valence-electron chi connectivity index (χ1n) is 8.21.